The van der Waals surface area contributed by atoms with Gasteiger partial charge in [-0.05, 0) is 19.9 Å². The number of hydrogen-bond acceptors (Lipinski definition) is 2. The van der Waals surface area contributed by atoms with Gasteiger partial charge < -0.3 is 9.67 Å². The minimum atomic E-state index is -1.06. The number of carbonyl (C=O) groups is 1. The molecule has 0 saturated carbocycles. The Hall–Kier alpha value is -1.58. The Labute approximate surface area is 75.4 Å². The summed E-state index contributed by atoms with van der Waals surface area (Å²) >= 11 is 0. The smallest absolute Gasteiger partial charge is 0.336 e. The molecule has 0 saturated heterocycles. The lowest BCUT2D eigenvalue weighted by atomic mass is 10.1. The zero-order chi connectivity index (χ0) is 10.0. The Balaban J connectivity index is 3.40. The second-order valence-corrected chi connectivity index (χ2v) is 2.75. The molecule has 1 aromatic rings. The van der Waals surface area contributed by atoms with Crippen LogP contribution >= 0.6 is 0 Å². The number of aryl methyl sites for hydroxylation is 1. The van der Waals surface area contributed by atoms with E-state index in [2.05, 4.69) is 0 Å². The van der Waals surface area contributed by atoms with Crippen molar-refractivity contribution in [1.29, 1.82) is 0 Å². The lowest BCUT2D eigenvalue weighted by Crippen LogP contribution is -2.23. The fourth-order valence-electron chi connectivity index (χ4n) is 1.17. The first-order chi connectivity index (χ1) is 6.07. The fraction of sp³-hybridized carbons (Fsp3) is 0.333. The van der Waals surface area contributed by atoms with Crippen molar-refractivity contribution < 1.29 is 9.90 Å². The van der Waals surface area contributed by atoms with Crippen molar-refractivity contribution in [3.8, 4) is 0 Å². The summed E-state index contributed by atoms with van der Waals surface area (Å²) in [6.45, 7) is 3.92. The van der Waals surface area contributed by atoms with Gasteiger partial charge in [0.1, 0.15) is 0 Å². The quantitative estimate of drug-likeness (QED) is 0.736. The number of rotatable bonds is 2. The molecule has 1 heterocycles. The maximum atomic E-state index is 11.4. The highest BCUT2D eigenvalue weighted by Crippen LogP contribution is 2.01. The van der Waals surface area contributed by atoms with Crippen LogP contribution in [-0.2, 0) is 6.54 Å². The minimum absolute atomic E-state index is 0.0784. The minimum Gasteiger partial charge on any atom is -0.478 e. The van der Waals surface area contributed by atoms with Gasteiger partial charge in [-0.15, -0.1) is 0 Å². The fourth-order valence-corrected chi connectivity index (χ4v) is 1.17. The molecule has 0 aromatic carbocycles. The molecule has 0 fully saturated rings. The monoisotopic (exact) mass is 181 g/mol. The highest BCUT2D eigenvalue weighted by atomic mass is 16.4. The van der Waals surface area contributed by atoms with Crippen molar-refractivity contribution in [2.45, 2.75) is 20.4 Å². The maximum Gasteiger partial charge on any atom is 0.336 e. The van der Waals surface area contributed by atoms with Crippen LogP contribution in [0.3, 0.4) is 0 Å². The van der Waals surface area contributed by atoms with Crippen LogP contribution in [0.15, 0.2) is 17.1 Å². The van der Waals surface area contributed by atoms with Crippen molar-refractivity contribution in [2.24, 2.45) is 0 Å². The van der Waals surface area contributed by atoms with Crippen LogP contribution in [0.1, 0.15) is 22.8 Å². The van der Waals surface area contributed by atoms with E-state index in [1.165, 1.54) is 23.8 Å². The SMILES string of the molecule is CCn1ccc(C(=O)O)c(C)c1=O. The maximum absolute atomic E-state index is 11.4. The Morgan fingerprint density at radius 3 is 2.69 bits per heavy atom. The third kappa shape index (κ3) is 1.61. The first kappa shape index (κ1) is 9.51. The van der Waals surface area contributed by atoms with Crippen LogP contribution in [0.2, 0.25) is 0 Å². The van der Waals surface area contributed by atoms with Crippen LogP contribution in [-0.4, -0.2) is 15.6 Å². The summed E-state index contributed by atoms with van der Waals surface area (Å²) in [5.41, 5.74) is 0.133. The Morgan fingerprint density at radius 2 is 2.23 bits per heavy atom. The second-order valence-electron chi connectivity index (χ2n) is 2.75. The number of nitrogens with zero attached hydrogens (tertiary/aromatic N) is 1. The number of carboxylic acids is 1. The van der Waals surface area contributed by atoms with Gasteiger partial charge in [-0.25, -0.2) is 4.79 Å². The van der Waals surface area contributed by atoms with E-state index in [0.717, 1.165) is 0 Å². The van der Waals surface area contributed by atoms with Crippen molar-refractivity contribution >= 4 is 5.97 Å². The van der Waals surface area contributed by atoms with Crippen molar-refractivity contribution in [3.63, 3.8) is 0 Å². The molecule has 0 amide bonds. The number of hydrogen-bond donors (Lipinski definition) is 1. The molecule has 0 spiro atoms. The Bertz CT molecular complexity index is 392. The van der Waals surface area contributed by atoms with Gasteiger partial charge in [0.25, 0.3) is 5.56 Å². The molecule has 0 aliphatic carbocycles. The number of carboxylic acid groups (broad SMARTS) is 1. The zero-order valence-corrected chi connectivity index (χ0v) is 7.57. The highest BCUT2D eigenvalue weighted by molar-refractivity contribution is 5.88. The van der Waals surface area contributed by atoms with Gasteiger partial charge in [0, 0.05) is 18.3 Å². The van der Waals surface area contributed by atoms with Crippen molar-refractivity contribution in [1.82, 2.24) is 4.57 Å². The summed E-state index contributed by atoms with van der Waals surface area (Å²) in [5.74, 6) is -1.06. The summed E-state index contributed by atoms with van der Waals surface area (Å²) in [6.07, 6.45) is 1.50. The molecule has 0 aliphatic rings. The summed E-state index contributed by atoms with van der Waals surface area (Å²) in [5, 5.41) is 8.71. The van der Waals surface area contributed by atoms with Gasteiger partial charge in [-0.2, -0.15) is 0 Å². The van der Waals surface area contributed by atoms with Crippen molar-refractivity contribution in [3.05, 3.63) is 33.7 Å². The van der Waals surface area contributed by atoms with Gasteiger partial charge in [0.15, 0.2) is 0 Å². The largest absolute Gasteiger partial charge is 0.478 e. The molecule has 1 aromatic heterocycles. The van der Waals surface area contributed by atoms with Gasteiger partial charge in [0.2, 0.25) is 0 Å². The molecular weight excluding hydrogens is 170 g/mol. The molecule has 70 valence electrons. The standard InChI is InChI=1S/C9H11NO3/c1-3-10-5-4-7(9(12)13)6(2)8(10)11/h4-5H,3H2,1-2H3,(H,12,13). The number of pyridine rings is 1. The zero-order valence-electron chi connectivity index (χ0n) is 7.57. The second kappa shape index (κ2) is 3.43. The lowest BCUT2D eigenvalue weighted by Gasteiger charge is -2.04. The molecule has 0 unspecified atom stereocenters. The molecule has 4 heteroatoms. The van der Waals surface area contributed by atoms with E-state index in [4.69, 9.17) is 5.11 Å². The predicted molar refractivity (Wildman–Crippen MR) is 48.1 cm³/mol. The molecule has 0 aliphatic heterocycles. The van der Waals surface area contributed by atoms with Crippen LogP contribution in [0.5, 0.6) is 0 Å². The lowest BCUT2D eigenvalue weighted by molar-refractivity contribution is 0.0695. The summed E-state index contributed by atoms with van der Waals surface area (Å²) in [4.78, 5) is 22.1. The van der Waals surface area contributed by atoms with E-state index in [0.29, 0.717) is 6.54 Å². The summed E-state index contributed by atoms with van der Waals surface area (Å²) < 4.78 is 1.47. The molecule has 0 bridgehead atoms. The highest BCUT2D eigenvalue weighted by Gasteiger charge is 2.10. The van der Waals surface area contributed by atoms with Gasteiger partial charge in [-0.1, -0.05) is 0 Å². The Kier molecular flexibility index (Phi) is 2.51. The van der Waals surface area contributed by atoms with Crippen molar-refractivity contribution in [2.75, 3.05) is 0 Å². The summed E-state index contributed by atoms with van der Waals surface area (Å²) in [7, 11) is 0. The van der Waals surface area contributed by atoms with Crippen LogP contribution in [0.4, 0.5) is 0 Å². The number of aromatic carboxylic acids is 1. The first-order valence-electron chi connectivity index (χ1n) is 4.01. The van der Waals surface area contributed by atoms with E-state index in [-0.39, 0.29) is 16.7 Å². The first-order valence-corrected chi connectivity index (χ1v) is 4.01. The molecule has 0 radical (unpaired) electrons. The molecule has 13 heavy (non-hydrogen) atoms. The topological polar surface area (TPSA) is 59.3 Å². The molecule has 0 atom stereocenters. The van der Waals surface area contributed by atoms with Gasteiger partial charge >= 0.3 is 5.97 Å². The van der Waals surface area contributed by atoms with Crippen LogP contribution in [0.25, 0.3) is 0 Å². The van der Waals surface area contributed by atoms with Gasteiger partial charge in [-0.3, -0.25) is 4.79 Å². The molecular formula is C9H11NO3. The van der Waals surface area contributed by atoms with E-state index in [1.54, 1.807) is 0 Å². The third-order valence-corrected chi connectivity index (χ3v) is 1.98. The van der Waals surface area contributed by atoms with E-state index in [1.807, 2.05) is 6.92 Å². The average molecular weight is 181 g/mol. The number of aromatic nitrogens is 1. The molecule has 1 rings (SSSR count). The van der Waals surface area contributed by atoms with E-state index < -0.39 is 5.97 Å². The van der Waals surface area contributed by atoms with E-state index >= 15 is 0 Å². The summed E-state index contributed by atoms with van der Waals surface area (Å²) in [6, 6.07) is 1.45. The molecule has 1 N–H and O–H groups in total. The predicted octanol–water partition coefficient (Wildman–Crippen LogP) is 0.875. The van der Waals surface area contributed by atoms with Crippen LogP contribution in [0, 0.1) is 6.92 Å². The average Bonchev–Trinajstić information content (AvgIpc) is 2.09. The third-order valence-electron chi connectivity index (χ3n) is 1.98. The van der Waals surface area contributed by atoms with Gasteiger partial charge in [0.05, 0.1) is 5.56 Å². The van der Waals surface area contributed by atoms with E-state index in [9.17, 15) is 9.59 Å². The molecule has 4 nitrogen and oxygen atoms in total. The Morgan fingerprint density at radius 1 is 1.62 bits per heavy atom. The normalized spacial score (nSPS) is 10.0. The van der Waals surface area contributed by atoms with Crippen LogP contribution < -0.4 is 5.56 Å².